The third-order valence-electron chi connectivity index (χ3n) is 5.06. The first-order chi connectivity index (χ1) is 15.4. The highest BCUT2D eigenvalue weighted by Gasteiger charge is 2.26. The van der Waals surface area contributed by atoms with Crippen molar-refractivity contribution in [2.75, 3.05) is 18.9 Å². The summed E-state index contributed by atoms with van der Waals surface area (Å²) in [5.41, 5.74) is 1.94. The average molecular weight is 453 g/mol. The summed E-state index contributed by atoms with van der Waals surface area (Å²) in [5, 5.41) is 10.2. The molecule has 11 heteroatoms. The molecule has 4 heterocycles. The van der Waals surface area contributed by atoms with Crippen LogP contribution in [-0.2, 0) is 0 Å². The van der Waals surface area contributed by atoms with Crippen LogP contribution in [0.4, 0.5) is 5.69 Å². The molecule has 0 spiro atoms. The van der Waals surface area contributed by atoms with Gasteiger partial charge in [-0.1, -0.05) is 0 Å². The highest BCUT2D eigenvalue weighted by Crippen LogP contribution is 2.38. The number of nitrogens with zero attached hydrogens (tertiary/aromatic N) is 3. The van der Waals surface area contributed by atoms with E-state index in [1.807, 2.05) is 13.0 Å². The molecule has 0 saturated heterocycles. The van der Waals surface area contributed by atoms with Crippen molar-refractivity contribution >= 4 is 51.0 Å². The predicted octanol–water partition coefficient (Wildman–Crippen LogP) is 3.12. The molecule has 0 saturated carbocycles. The second kappa shape index (κ2) is 7.65. The summed E-state index contributed by atoms with van der Waals surface area (Å²) >= 11 is 5.88. The number of benzene rings is 1. The number of hydrogen-bond acceptors (Lipinski definition) is 8. The van der Waals surface area contributed by atoms with Crippen LogP contribution in [0.5, 0.6) is 11.8 Å². The van der Waals surface area contributed by atoms with Gasteiger partial charge in [0.1, 0.15) is 11.1 Å². The lowest BCUT2D eigenvalue weighted by Crippen LogP contribution is -2.34. The molecule has 0 unspecified atom stereocenters. The molecule has 2 amide bonds. The summed E-state index contributed by atoms with van der Waals surface area (Å²) in [5.74, 6) is -0.244. The first-order valence-corrected chi connectivity index (χ1v) is 10.2. The van der Waals surface area contributed by atoms with E-state index in [2.05, 4.69) is 30.9 Å². The normalized spacial score (nSPS) is 15.6. The minimum Gasteiger partial charge on any atom is -0.449 e. The van der Waals surface area contributed by atoms with Gasteiger partial charge in [-0.25, -0.2) is 9.97 Å². The van der Waals surface area contributed by atoms with E-state index < -0.39 is 5.91 Å². The number of halogens is 1. The Balaban J connectivity index is 1.59. The fourth-order valence-corrected chi connectivity index (χ4v) is 3.70. The van der Waals surface area contributed by atoms with Gasteiger partial charge in [-0.2, -0.15) is 4.98 Å². The first kappa shape index (κ1) is 20.0. The Morgan fingerprint density at radius 3 is 2.94 bits per heavy atom. The number of carbonyl (C=O) groups excluding carboxylic acids is 2. The Hall–Kier alpha value is -3.92. The fourth-order valence-electron chi connectivity index (χ4n) is 3.58. The van der Waals surface area contributed by atoms with Gasteiger partial charge in [-0.15, -0.1) is 0 Å². The summed E-state index contributed by atoms with van der Waals surface area (Å²) in [6.07, 6.45) is 1.28. The summed E-state index contributed by atoms with van der Waals surface area (Å²) in [6.45, 7) is 2.48. The van der Waals surface area contributed by atoms with Gasteiger partial charge in [0.05, 0.1) is 16.6 Å². The number of pyridine rings is 1. The summed E-state index contributed by atoms with van der Waals surface area (Å²) in [4.78, 5) is 36.9. The van der Waals surface area contributed by atoms with E-state index in [0.29, 0.717) is 23.3 Å². The quantitative estimate of drug-likeness (QED) is 0.404. The van der Waals surface area contributed by atoms with Crippen molar-refractivity contribution in [2.24, 2.45) is 0 Å². The Morgan fingerprint density at radius 2 is 2.12 bits per heavy atom. The lowest BCUT2D eigenvalue weighted by atomic mass is 10.1. The Morgan fingerprint density at radius 1 is 1.28 bits per heavy atom. The number of ether oxygens (including phenoxy) is 1. The van der Waals surface area contributed by atoms with Crippen molar-refractivity contribution in [2.45, 2.75) is 13.0 Å². The lowest BCUT2D eigenvalue weighted by Gasteiger charge is -2.10. The number of anilines is 1. The van der Waals surface area contributed by atoms with Crippen molar-refractivity contribution in [1.29, 1.82) is 0 Å². The summed E-state index contributed by atoms with van der Waals surface area (Å²) in [7, 11) is 1.49. The van der Waals surface area contributed by atoms with E-state index in [4.69, 9.17) is 20.8 Å². The van der Waals surface area contributed by atoms with Gasteiger partial charge in [-0.3, -0.25) is 9.59 Å². The second-order valence-corrected chi connectivity index (χ2v) is 7.59. The number of amides is 2. The monoisotopic (exact) mass is 452 g/mol. The van der Waals surface area contributed by atoms with Crippen molar-refractivity contribution in [3.05, 3.63) is 47.1 Å². The van der Waals surface area contributed by atoms with Crippen LogP contribution in [0, 0.1) is 0 Å². The zero-order valence-corrected chi connectivity index (χ0v) is 17.8. The average Bonchev–Trinajstić information content (AvgIpc) is 3.10. The number of furan rings is 1. The number of hydrogen-bond donors (Lipinski definition) is 3. The summed E-state index contributed by atoms with van der Waals surface area (Å²) in [6, 6.07) is 6.93. The Labute approximate surface area is 186 Å². The molecule has 1 aromatic carbocycles. The van der Waals surface area contributed by atoms with Crippen LogP contribution in [-0.4, -0.2) is 46.4 Å². The van der Waals surface area contributed by atoms with Crippen molar-refractivity contribution < 1.29 is 18.7 Å². The largest absolute Gasteiger partial charge is 0.449 e. The fraction of sp³-hybridized carbons (Fsp3) is 0.190. The third-order valence-corrected chi connectivity index (χ3v) is 5.24. The number of aromatic nitrogens is 3. The van der Waals surface area contributed by atoms with Crippen LogP contribution in [0.2, 0.25) is 5.28 Å². The van der Waals surface area contributed by atoms with Gasteiger partial charge in [0.15, 0.2) is 0 Å². The van der Waals surface area contributed by atoms with Crippen LogP contribution in [0.15, 0.2) is 34.9 Å². The second-order valence-electron chi connectivity index (χ2n) is 7.26. The molecule has 162 valence electrons. The van der Waals surface area contributed by atoms with Gasteiger partial charge < -0.3 is 25.1 Å². The third kappa shape index (κ3) is 3.34. The van der Waals surface area contributed by atoms with Gasteiger partial charge in [0.2, 0.25) is 22.8 Å². The van der Waals surface area contributed by atoms with Crippen molar-refractivity contribution in [3.63, 3.8) is 0 Å². The Bertz CT molecular complexity index is 1400. The molecule has 3 N–H and O–H groups in total. The minimum atomic E-state index is -0.418. The van der Waals surface area contributed by atoms with Crippen LogP contribution < -0.4 is 20.7 Å². The molecule has 0 fully saturated rings. The molecule has 4 aromatic rings. The predicted molar refractivity (Wildman–Crippen MR) is 117 cm³/mol. The Kier molecular flexibility index (Phi) is 4.78. The number of fused-ring (bicyclic) bond motifs is 5. The van der Waals surface area contributed by atoms with E-state index in [1.54, 1.807) is 18.2 Å². The lowest BCUT2D eigenvalue weighted by molar-refractivity contribution is 0.0919. The maximum atomic E-state index is 12.5. The highest BCUT2D eigenvalue weighted by molar-refractivity contribution is 6.28. The number of nitrogens with one attached hydrogen (secondary N) is 3. The molecule has 32 heavy (non-hydrogen) atoms. The van der Waals surface area contributed by atoms with Crippen LogP contribution >= 0.6 is 11.6 Å². The smallest absolute Gasteiger partial charge is 0.289 e. The molecular formula is C21H17ClN6O4. The van der Waals surface area contributed by atoms with Gasteiger partial charge in [-0.05, 0) is 36.7 Å². The maximum Gasteiger partial charge on any atom is 0.289 e. The van der Waals surface area contributed by atoms with Gasteiger partial charge in [0, 0.05) is 37.3 Å². The molecule has 1 atom stereocenters. The zero-order valence-electron chi connectivity index (χ0n) is 17.0. The number of rotatable bonds is 3. The molecule has 10 nitrogen and oxygen atoms in total. The highest BCUT2D eigenvalue weighted by atomic mass is 35.5. The van der Waals surface area contributed by atoms with Crippen LogP contribution in [0.1, 0.15) is 27.8 Å². The molecular weight excluding hydrogens is 436 g/mol. The van der Waals surface area contributed by atoms with E-state index in [0.717, 1.165) is 10.8 Å². The maximum absolute atomic E-state index is 12.5. The minimum absolute atomic E-state index is 0.0122. The molecule has 0 aliphatic carbocycles. The molecule has 0 radical (unpaired) electrons. The van der Waals surface area contributed by atoms with E-state index in [-0.39, 0.29) is 40.3 Å². The van der Waals surface area contributed by atoms with E-state index >= 15 is 0 Å². The molecule has 0 bridgehead atoms. The standard InChI is InChI=1S/C21H17ClN6O4/c1-9-7-24-16-15-10-3-6-14(32-20-11(18(29)23-2)8-25-21(22)28-20)27-12(10)4-5-13(15)31-17(16)19(30)26-9/h3-6,8-9,24H,7H2,1-2H3,(H,23,29)(H,26,30)/t9-/m1/s1. The van der Waals surface area contributed by atoms with Crippen molar-refractivity contribution in [1.82, 2.24) is 25.6 Å². The van der Waals surface area contributed by atoms with E-state index in [9.17, 15) is 9.59 Å². The molecule has 5 rings (SSSR count). The molecule has 1 aliphatic rings. The van der Waals surface area contributed by atoms with Gasteiger partial charge in [0.25, 0.3) is 11.8 Å². The topological polar surface area (TPSA) is 131 Å². The summed E-state index contributed by atoms with van der Waals surface area (Å²) < 4.78 is 11.6. The van der Waals surface area contributed by atoms with E-state index in [1.165, 1.54) is 13.2 Å². The van der Waals surface area contributed by atoms with Crippen LogP contribution in [0.25, 0.3) is 21.9 Å². The molecule has 3 aromatic heterocycles. The number of carbonyl (C=O) groups is 2. The first-order valence-electron chi connectivity index (χ1n) is 9.78. The van der Waals surface area contributed by atoms with Gasteiger partial charge >= 0.3 is 0 Å². The van der Waals surface area contributed by atoms with Crippen LogP contribution in [0.3, 0.4) is 0 Å². The SMILES string of the molecule is CNC(=O)c1cnc(Cl)nc1Oc1ccc2c(ccc3oc4c(c32)NC[C@@H](C)NC4=O)n1. The zero-order chi connectivity index (χ0) is 22.4. The molecule has 1 aliphatic heterocycles. The van der Waals surface area contributed by atoms with Crippen molar-refractivity contribution in [3.8, 4) is 11.8 Å².